The third-order valence-corrected chi connectivity index (χ3v) is 2.58. The van der Waals surface area contributed by atoms with Gasteiger partial charge in [-0.1, -0.05) is 13.8 Å². The first-order valence-corrected chi connectivity index (χ1v) is 5.93. The van der Waals surface area contributed by atoms with Gasteiger partial charge in [0.1, 0.15) is 17.8 Å². The van der Waals surface area contributed by atoms with Crippen LogP contribution >= 0.6 is 0 Å². The van der Waals surface area contributed by atoms with Crippen molar-refractivity contribution in [3.8, 4) is 0 Å². The second-order valence-corrected chi connectivity index (χ2v) is 4.72. The van der Waals surface area contributed by atoms with Gasteiger partial charge in [0, 0.05) is 12.7 Å². The highest BCUT2D eigenvalue weighted by atomic mass is 16.2. The predicted octanol–water partition coefficient (Wildman–Crippen LogP) is -0.585. The van der Waals surface area contributed by atoms with Crippen molar-refractivity contribution in [1.29, 1.82) is 0 Å². The number of rotatable bonds is 4. The summed E-state index contributed by atoms with van der Waals surface area (Å²) in [6.45, 7) is 5.06. The number of nitrogens with one attached hydrogen (secondary N) is 1. The lowest BCUT2D eigenvalue weighted by atomic mass is 10.2. The van der Waals surface area contributed by atoms with Gasteiger partial charge >= 0.3 is 5.69 Å². The summed E-state index contributed by atoms with van der Waals surface area (Å²) in [7, 11) is 0. The van der Waals surface area contributed by atoms with Crippen LogP contribution in [0, 0.1) is 5.92 Å². The average Bonchev–Trinajstić information content (AvgIpc) is 2.72. The van der Waals surface area contributed by atoms with Crippen LogP contribution in [0.4, 0.5) is 5.69 Å². The van der Waals surface area contributed by atoms with Crippen LogP contribution in [0.5, 0.6) is 0 Å². The fraction of sp³-hybridized carbons (Fsp3) is 0.455. The van der Waals surface area contributed by atoms with Gasteiger partial charge in [-0.2, -0.15) is 5.10 Å². The van der Waals surface area contributed by atoms with E-state index in [0.717, 1.165) is 0 Å². The highest BCUT2D eigenvalue weighted by molar-refractivity contribution is 5.30. The van der Waals surface area contributed by atoms with E-state index in [9.17, 15) is 9.59 Å². The maximum atomic E-state index is 11.6. The zero-order valence-corrected chi connectivity index (χ0v) is 10.8. The van der Waals surface area contributed by atoms with Crippen LogP contribution in [-0.2, 0) is 13.1 Å². The third kappa shape index (κ3) is 2.90. The summed E-state index contributed by atoms with van der Waals surface area (Å²) in [5.74, 6) is 1.06. The molecule has 2 aromatic heterocycles. The first kappa shape index (κ1) is 13.1. The number of hydrogen-bond acceptors (Lipinski definition) is 5. The standard InChI is InChI=1S/C11H16N6O2/c1-7(2)3-17-9(13-6-14-17)5-16-4-8(12)10(18)15-11(16)19/h4,6-7H,3,5,12H2,1-2H3,(H,15,18,19). The largest absolute Gasteiger partial charge is 0.393 e. The number of nitrogen functional groups attached to an aromatic ring is 1. The molecule has 8 heteroatoms. The molecule has 2 heterocycles. The van der Waals surface area contributed by atoms with E-state index in [2.05, 4.69) is 28.9 Å². The smallest absolute Gasteiger partial charge is 0.328 e. The molecular formula is C11H16N6O2. The van der Waals surface area contributed by atoms with E-state index in [0.29, 0.717) is 18.3 Å². The molecule has 0 saturated carbocycles. The summed E-state index contributed by atoms with van der Waals surface area (Å²) >= 11 is 0. The molecule has 0 fully saturated rings. The first-order valence-electron chi connectivity index (χ1n) is 5.93. The molecule has 0 bridgehead atoms. The third-order valence-electron chi connectivity index (χ3n) is 2.58. The average molecular weight is 264 g/mol. The number of aromatic amines is 1. The normalized spacial score (nSPS) is 11.1. The van der Waals surface area contributed by atoms with E-state index in [-0.39, 0.29) is 12.2 Å². The van der Waals surface area contributed by atoms with Gasteiger partial charge in [0.15, 0.2) is 0 Å². The Balaban J connectivity index is 2.32. The summed E-state index contributed by atoms with van der Waals surface area (Å²) < 4.78 is 3.04. The van der Waals surface area contributed by atoms with Crippen LogP contribution in [0.1, 0.15) is 19.7 Å². The molecule has 0 amide bonds. The highest BCUT2D eigenvalue weighted by Crippen LogP contribution is 2.02. The molecule has 19 heavy (non-hydrogen) atoms. The molecule has 3 N–H and O–H groups in total. The van der Waals surface area contributed by atoms with Crippen molar-refractivity contribution in [2.45, 2.75) is 26.9 Å². The van der Waals surface area contributed by atoms with Crippen LogP contribution in [0.25, 0.3) is 0 Å². The van der Waals surface area contributed by atoms with Crippen molar-refractivity contribution in [2.75, 3.05) is 5.73 Å². The maximum absolute atomic E-state index is 11.6. The van der Waals surface area contributed by atoms with Crippen molar-refractivity contribution < 1.29 is 0 Å². The van der Waals surface area contributed by atoms with Crippen LogP contribution in [0.3, 0.4) is 0 Å². The van der Waals surface area contributed by atoms with Gasteiger partial charge < -0.3 is 5.73 Å². The lowest BCUT2D eigenvalue weighted by molar-refractivity contribution is 0.459. The first-order chi connectivity index (χ1) is 8.97. The zero-order chi connectivity index (χ0) is 14.0. The minimum atomic E-state index is -0.579. The molecule has 0 spiro atoms. The number of H-pyrrole nitrogens is 1. The number of nitrogens with zero attached hydrogens (tertiary/aromatic N) is 4. The molecular weight excluding hydrogens is 248 g/mol. The van der Waals surface area contributed by atoms with E-state index in [4.69, 9.17) is 5.73 Å². The van der Waals surface area contributed by atoms with Gasteiger partial charge in [0.25, 0.3) is 5.56 Å². The number of aromatic nitrogens is 5. The quantitative estimate of drug-likeness (QED) is 0.767. The van der Waals surface area contributed by atoms with Gasteiger partial charge in [-0.25, -0.2) is 14.5 Å². The van der Waals surface area contributed by atoms with Crippen molar-refractivity contribution in [2.24, 2.45) is 5.92 Å². The van der Waals surface area contributed by atoms with Crippen LogP contribution < -0.4 is 17.0 Å². The fourth-order valence-electron chi connectivity index (χ4n) is 1.70. The Morgan fingerprint density at radius 3 is 2.84 bits per heavy atom. The molecule has 0 unspecified atom stereocenters. The Hall–Kier alpha value is -2.38. The molecule has 0 atom stereocenters. The minimum absolute atomic E-state index is 0.00507. The van der Waals surface area contributed by atoms with Crippen LogP contribution in [0.15, 0.2) is 22.1 Å². The molecule has 0 aliphatic rings. The van der Waals surface area contributed by atoms with Gasteiger partial charge in [0.2, 0.25) is 0 Å². The summed E-state index contributed by atoms with van der Waals surface area (Å²) in [5, 5.41) is 4.11. The topological polar surface area (TPSA) is 112 Å². The van der Waals surface area contributed by atoms with Crippen molar-refractivity contribution in [3.05, 3.63) is 39.2 Å². The molecule has 0 radical (unpaired) electrons. The second kappa shape index (κ2) is 5.09. The number of nitrogens with two attached hydrogens (primary N) is 1. The highest BCUT2D eigenvalue weighted by Gasteiger charge is 2.09. The Labute approximate surface area is 108 Å². The Morgan fingerprint density at radius 1 is 1.42 bits per heavy atom. The Morgan fingerprint density at radius 2 is 2.16 bits per heavy atom. The monoisotopic (exact) mass is 264 g/mol. The van der Waals surface area contributed by atoms with Crippen LogP contribution in [0.2, 0.25) is 0 Å². The fourth-order valence-corrected chi connectivity index (χ4v) is 1.70. The molecule has 2 aromatic rings. The molecule has 8 nitrogen and oxygen atoms in total. The Bertz CT molecular complexity index is 681. The van der Waals surface area contributed by atoms with Crippen molar-refractivity contribution in [3.63, 3.8) is 0 Å². The number of anilines is 1. The summed E-state index contributed by atoms with van der Waals surface area (Å²) in [4.78, 5) is 29.1. The lowest BCUT2D eigenvalue weighted by Crippen LogP contribution is -2.32. The van der Waals surface area contributed by atoms with E-state index in [1.807, 2.05) is 0 Å². The summed E-state index contributed by atoms with van der Waals surface area (Å²) in [6, 6.07) is 0. The van der Waals surface area contributed by atoms with Crippen LogP contribution in [-0.4, -0.2) is 24.3 Å². The molecule has 2 rings (SSSR count). The Kier molecular flexibility index (Phi) is 3.50. The SMILES string of the molecule is CC(C)Cn1ncnc1Cn1cc(N)c(=O)[nH]c1=O. The second-order valence-electron chi connectivity index (χ2n) is 4.72. The zero-order valence-electron chi connectivity index (χ0n) is 10.8. The molecule has 102 valence electrons. The summed E-state index contributed by atoms with van der Waals surface area (Å²) in [5.41, 5.74) is 4.39. The predicted molar refractivity (Wildman–Crippen MR) is 69.7 cm³/mol. The van der Waals surface area contributed by atoms with Crippen molar-refractivity contribution in [1.82, 2.24) is 24.3 Å². The van der Waals surface area contributed by atoms with Gasteiger partial charge in [-0.3, -0.25) is 14.3 Å². The minimum Gasteiger partial charge on any atom is -0.393 e. The molecule has 0 aliphatic heterocycles. The van der Waals surface area contributed by atoms with E-state index < -0.39 is 11.2 Å². The van der Waals surface area contributed by atoms with E-state index >= 15 is 0 Å². The van der Waals surface area contributed by atoms with Crippen molar-refractivity contribution >= 4 is 5.69 Å². The molecule has 0 saturated heterocycles. The molecule has 0 aliphatic carbocycles. The van der Waals surface area contributed by atoms with Gasteiger partial charge in [0.05, 0.1) is 6.54 Å². The van der Waals surface area contributed by atoms with Gasteiger partial charge in [-0.15, -0.1) is 0 Å². The van der Waals surface area contributed by atoms with E-state index in [1.165, 1.54) is 17.1 Å². The van der Waals surface area contributed by atoms with E-state index in [1.54, 1.807) is 4.68 Å². The lowest BCUT2D eigenvalue weighted by Gasteiger charge is -2.09. The summed E-state index contributed by atoms with van der Waals surface area (Å²) in [6.07, 6.45) is 2.76. The molecule has 0 aromatic carbocycles. The maximum Gasteiger partial charge on any atom is 0.328 e. The van der Waals surface area contributed by atoms with Gasteiger partial charge in [-0.05, 0) is 5.92 Å². The number of hydrogen-bond donors (Lipinski definition) is 2.